The van der Waals surface area contributed by atoms with Gasteiger partial charge in [-0.15, -0.1) is 5.10 Å². The summed E-state index contributed by atoms with van der Waals surface area (Å²) in [5, 5.41) is 12.5. The summed E-state index contributed by atoms with van der Waals surface area (Å²) in [6.07, 6.45) is 0. The quantitative estimate of drug-likeness (QED) is 0.768. The Morgan fingerprint density at radius 3 is 2.48 bits per heavy atom. The molecule has 0 aliphatic carbocycles. The molecule has 2 heterocycles. The van der Waals surface area contributed by atoms with Crippen molar-refractivity contribution >= 4 is 17.7 Å². The van der Waals surface area contributed by atoms with Gasteiger partial charge in [0.15, 0.2) is 0 Å². The Morgan fingerprint density at radius 1 is 1.09 bits per heavy atom. The zero-order valence-electron chi connectivity index (χ0n) is 12.4. The maximum atomic E-state index is 12.8. The standard InChI is InChI=1S/C15H13FN4O3/c1-8-7-12(9(2)22-8)13-19-20-15(23-13)18-14(21)17-11-5-3-10(16)4-6-11/h3-7H,1-2H3,(H2,17,18,20,21). The molecule has 2 amide bonds. The molecule has 2 aromatic heterocycles. The molecule has 0 aliphatic rings. The molecule has 3 rings (SSSR count). The molecule has 0 saturated carbocycles. The first-order valence-electron chi connectivity index (χ1n) is 6.76. The summed E-state index contributed by atoms with van der Waals surface area (Å²) >= 11 is 0. The van der Waals surface area contributed by atoms with Crippen molar-refractivity contribution in [2.75, 3.05) is 10.6 Å². The van der Waals surface area contributed by atoms with E-state index in [1.54, 1.807) is 13.0 Å². The summed E-state index contributed by atoms with van der Waals surface area (Å²) in [6, 6.07) is 6.49. The first-order valence-corrected chi connectivity index (χ1v) is 6.76. The van der Waals surface area contributed by atoms with E-state index in [-0.39, 0.29) is 17.7 Å². The lowest BCUT2D eigenvalue weighted by Gasteiger charge is -2.03. The molecule has 1 aromatic carbocycles. The zero-order chi connectivity index (χ0) is 16.4. The molecule has 0 unspecified atom stereocenters. The van der Waals surface area contributed by atoms with Crippen LogP contribution in [0.15, 0.2) is 39.2 Å². The van der Waals surface area contributed by atoms with E-state index < -0.39 is 6.03 Å². The fraction of sp³-hybridized carbons (Fsp3) is 0.133. The highest BCUT2D eigenvalue weighted by atomic mass is 19.1. The Hall–Kier alpha value is -3.16. The van der Waals surface area contributed by atoms with Crippen LogP contribution in [0, 0.1) is 19.7 Å². The van der Waals surface area contributed by atoms with Crippen LogP contribution in [0.25, 0.3) is 11.5 Å². The number of aryl methyl sites for hydroxylation is 2. The Morgan fingerprint density at radius 2 is 1.83 bits per heavy atom. The predicted octanol–water partition coefficient (Wildman–Crippen LogP) is 3.73. The molecule has 0 bridgehead atoms. The number of amides is 2. The second kappa shape index (κ2) is 5.91. The second-order valence-corrected chi connectivity index (χ2v) is 4.83. The van der Waals surface area contributed by atoms with E-state index >= 15 is 0 Å². The lowest BCUT2D eigenvalue weighted by molar-refractivity contribution is 0.261. The first kappa shape index (κ1) is 14.8. The van der Waals surface area contributed by atoms with Crippen LogP contribution in [0.5, 0.6) is 0 Å². The molecule has 0 radical (unpaired) electrons. The molecule has 2 N–H and O–H groups in total. The van der Waals surface area contributed by atoms with Gasteiger partial charge < -0.3 is 14.2 Å². The number of anilines is 2. The number of carbonyl (C=O) groups is 1. The molecule has 0 fully saturated rings. The minimum absolute atomic E-state index is 0.0575. The smallest absolute Gasteiger partial charge is 0.327 e. The van der Waals surface area contributed by atoms with Crippen LogP contribution in [-0.4, -0.2) is 16.2 Å². The number of urea groups is 1. The summed E-state index contributed by atoms with van der Waals surface area (Å²) in [5.41, 5.74) is 1.10. The Bertz CT molecular complexity index is 839. The number of nitrogens with zero attached hydrogens (tertiary/aromatic N) is 2. The zero-order valence-corrected chi connectivity index (χ0v) is 12.4. The predicted molar refractivity (Wildman–Crippen MR) is 80.5 cm³/mol. The number of rotatable bonds is 3. The average molecular weight is 316 g/mol. The van der Waals surface area contributed by atoms with Crippen LogP contribution in [0.3, 0.4) is 0 Å². The molecule has 0 spiro atoms. The highest BCUT2D eigenvalue weighted by Gasteiger charge is 2.15. The van der Waals surface area contributed by atoms with E-state index in [9.17, 15) is 9.18 Å². The van der Waals surface area contributed by atoms with E-state index in [1.807, 2.05) is 6.92 Å². The first-order chi connectivity index (χ1) is 11.0. The molecule has 23 heavy (non-hydrogen) atoms. The molecular formula is C15H13FN4O3. The Kier molecular flexibility index (Phi) is 3.80. The van der Waals surface area contributed by atoms with E-state index in [0.29, 0.717) is 17.0 Å². The van der Waals surface area contributed by atoms with Gasteiger partial charge in [0.1, 0.15) is 17.3 Å². The van der Waals surface area contributed by atoms with Gasteiger partial charge in [0.2, 0.25) is 0 Å². The lowest BCUT2D eigenvalue weighted by Crippen LogP contribution is -2.19. The van der Waals surface area contributed by atoms with Crippen LogP contribution in [0.1, 0.15) is 11.5 Å². The molecule has 0 saturated heterocycles. The lowest BCUT2D eigenvalue weighted by atomic mass is 10.2. The normalized spacial score (nSPS) is 10.6. The van der Waals surface area contributed by atoms with Crippen molar-refractivity contribution in [2.45, 2.75) is 13.8 Å². The van der Waals surface area contributed by atoms with Gasteiger partial charge in [-0.2, -0.15) is 0 Å². The number of hydrogen-bond acceptors (Lipinski definition) is 5. The number of benzene rings is 1. The summed E-state index contributed by atoms with van der Waals surface area (Å²) in [6.45, 7) is 3.59. The van der Waals surface area contributed by atoms with Gasteiger partial charge in [-0.1, -0.05) is 5.10 Å². The largest absolute Gasteiger partial charge is 0.466 e. The number of furan rings is 1. The monoisotopic (exact) mass is 316 g/mol. The van der Waals surface area contributed by atoms with Crippen LogP contribution >= 0.6 is 0 Å². The maximum absolute atomic E-state index is 12.8. The molecule has 0 aliphatic heterocycles. The van der Waals surface area contributed by atoms with Crippen molar-refractivity contribution < 1.29 is 18.0 Å². The highest BCUT2D eigenvalue weighted by molar-refractivity contribution is 5.98. The van der Waals surface area contributed by atoms with E-state index in [1.165, 1.54) is 24.3 Å². The van der Waals surface area contributed by atoms with Gasteiger partial charge in [0, 0.05) is 5.69 Å². The molecule has 7 nitrogen and oxygen atoms in total. The Labute approximate surface area is 130 Å². The third-order valence-corrected chi connectivity index (χ3v) is 3.02. The van der Waals surface area contributed by atoms with Crippen molar-refractivity contribution in [3.8, 4) is 11.5 Å². The van der Waals surface area contributed by atoms with E-state index in [2.05, 4.69) is 20.8 Å². The Balaban J connectivity index is 1.68. The molecule has 0 atom stereocenters. The van der Waals surface area contributed by atoms with Gasteiger partial charge in [-0.25, -0.2) is 9.18 Å². The molecule has 8 heteroatoms. The van der Waals surface area contributed by atoms with Crippen LogP contribution < -0.4 is 10.6 Å². The summed E-state index contributed by atoms with van der Waals surface area (Å²) in [5.74, 6) is 1.23. The van der Waals surface area contributed by atoms with Crippen LogP contribution in [0.2, 0.25) is 0 Å². The fourth-order valence-corrected chi connectivity index (χ4v) is 2.02. The van der Waals surface area contributed by atoms with E-state index in [0.717, 1.165) is 5.76 Å². The minimum Gasteiger partial charge on any atom is -0.466 e. The fourth-order valence-electron chi connectivity index (χ4n) is 2.02. The maximum Gasteiger partial charge on any atom is 0.327 e. The average Bonchev–Trinajstić information content (AvgIpc) is 3.07. The SMILES string of the molecule is Cc1cc(-c2nnc(NC(=O)Nc3ccc(F)cc3)o2)c(C)o1. The van der Waals surface area contributed by atoms with Gasteiger partial charge in [0.05, 0.1) is 5.56 Å². The van der Waals surface area contributed by atoms with Crippen molar-refractivity contribution in [2.24, 2.45) is 0 Å². The van der Waals surface area contributed by atoms with Gasteiger partial charge in [-0.05, 0) is 44.2 Å². The summed E-state index contributed by atoms with van der Waals surface area (Å²) < 4.78 is 23.6. The molecular weight excluding hydrogens is 303 g/mol. The van der Waals surface area contributed by atoms with Crippen molar-refractivity contribution in [3.63, 3.8) is 0 Å². The summed E-state index contributed by atoms with van der Waals surface area (Å²) in [7, 11) is 0. The third kappa shape index (κ3) is 3.37. The van der Waals surface area contributed by atoms with Gasteiger partial charge in [0.25, 0.3) is 5.89 Å². The number of halogens is 1. The number of aromatic nitrogens is 2. The minimum atomic E-state index is -0.577. The number of hydrogen-bond donors (Lipinski definition) is 2. The molecule has 3 aromatic rings. The summed E-state index contributed by atoms with van der Waals surface area (Å²) in [4.78, 5) is 11.8. The van der Waals surface area contributed by atoms with Crippen LogP contribution in [0.4, 0.5) is 20.9 Å². The topological polar surface area (TPSA) is 93.2 Å². The molecule has 118 valence electrons. The third-order valence-electron chi connectivity index (χ3n) is 3.02. The van der Waals surface area contributed by atoms with Gasteiger partial charge >= 0.3 is 12.0 Å². The second-order valence-electron chi connectivity index (χ2n) is 4.83. The van der Waals surface area contributed by atoms with E-state index in [4.69, 9.17) is 8.83 Å². The highest BCUT2D eigenvalue weighted by Crippen LogP contribution is 2.26. The van der Waals surface area contributed by atoms with Crippen molar-refractivity contribution in [1.82, 2.24) is 10.2 Å². The van der Waals surface area contributed by atoms with Crippen LogP contribution in [-0.2, 0) is 0 Å². The number of nitrogens with one attached hydrogen (secondary N) is 2. The number of carbonyl (C=O) groups excluding carboxylic acids is 1. The van der Waals surface area contributed by atoms with Crippen molar-refractivity contribution in [3.05, 3.63) is 47.7 Å². The van der Waals surface area contributed by atoms with Crippen molar-refractivity contribution in [1.29, 1.82) is 0 Å². The van der Waals surface area contributed by atoms with Gasteiger partial charge in [-0.3, -0.25) is 5.32 Å².